The third-order valence-corrected chi connectivity index (χ3v) is 1.84. The second kappa shape index (κ2) is 3.88. The zero-order chi connectivity index (χ0) is 7.40. The van der Waals surface area contributed by atoms with Crippen LogP contribution in [0.5, 0.6) is 0 Å². The Labute approximate surface area is 61.4 Å². The molecule has 10 heavy (non-hydrogen) atoms. The normalized spacial score (nSPS) is 21.0. The molecule has 2 nitrogen and oxygen atoms in total. The highest BCUT2D eigenvalue weighted by atomic mass is 19.1. The van der Waals surface area contributed by atoms with E-state index in [1.54, 1.807) is 0 Å². The third-order valence-electron chi connectivity index (χ3n) is 1.84. The van der Waals surface area contributed by atoms with Crippen molar-refractivity contribution in [3.05, 3.63) is 0 Å². The van der Waals surface area contributed by atoms with Crippen LogP contribution in [0.25, 0.3) is 0 Å². The fraction of sp³-hybridized carbons (Fsp3) is 1.00. The van der Waals surface area contributed by atoms with E-state index < -0.39 is 0 Å². The van der Waals surface area contributed by atoms with Gasteiger partial charge in [-0.25, -0.2) is 4.39 Å². The molecule has 1 saturated heterocycles. The molecule has 0 unspecified atom stereocenters. The zero-order valence-corrected chi connectivity index (χ0v) is 6.44. The van der Waals surface area contributed by atoms with Gasteiger partial charge in [0.25, 0.3) is 0 Å². The van der Waals surface area contributed by atoms with E-state index >= 15 is 0 Å². The highest BCUT2D eigenvalue weighted by Crippen LogP contribution is 2.10. The Kier molecular flexibility index (Phi) is 3.09. The summed E-state index contributed by atoms with van der Waals surface area (Å²) in [6.45, 7) is 3.58. The van der Waals surface area contributed by atoms with Gasteiger partial charge >= 0.3 is 0 Å². The van der Waals surface area contributed by atoms with Crippen LogP contribution in [0.4, 0.5) is 4.39 Å². The summed E-state index contributed by atoms with van der Waals surface area (Å²) in [6.07, 6.45) is 0. The molecular weight excluding hydrogens is 131 g/mol. The standard InChI is InChI=1S/C7H15FN2/c1-10-5-7(6-10)4-9-3-2-8/h7,9H,2-6H2,1H3. The maximum atomic E-state index is 11.6. The van der Waals surface area contributed by atoms with Crippen LogP contribution in [-0.4, -0.2) is 44.8 Å². The molecule has 0 atom stereocenters. The van der Waals surface area contributed by atoms with Crippen LogP contribution in [0.3, 0.4) is 0 Å². The Morgan fingerprint density at radius 2 is 2.30 bits per heavy atom. The van der Waals surface area contributed by atoms with Gasteiger partial charge in [-0.2, -0.15) is 0 Å². The second-order valence-corrected chi connectivity index (χ2v) is 2.98. The van der Waals surface area contributed by atoms with Gasteiger partial charge in [0.2, 0.25) is 0 Å². The van der Waals surface area contributed by atoms with Crippen molar-refractivity contribution >= 4 is 0 Å². The molecule has 1 heterocycles. The van der Waals surface area contributed by atoms with Gasteiger partial charge in [0.1, 0.15) is 6.67 Å². The van der Waals surface area contributed by atoms with E-state index in [-0.39, 0.29) is 6.67 Å². The fourth-order valence-electron chi connectivity index (χ4n) is 1.33. The summed E-state index contributed by atoms with van der Waals surface area (Å²) < 4.78 is 11.6. The Morgan fingerprint density at radius 3 is 2.80 bits per heavy atom. The Balaban J connectivity index is 1.86. The maximum absolute atomic E-state index is 11.6. The van der Waals surface area contributed by atoms with E-state index in [1.165, 1.54) is 13.1 Å². The number of hydrogen-bond acceptors (Lipinski definition) is 2. The predicted octanol–water partition coefficient (Wildman–Crippen LogP) is 0.107. The lowest BCUT2D eigenvalue weighted by atomic mass is 10.0. The average molecular weight is 146 g/mol. The van der Waals surface area contributed by atoms with Crippen LogP contribution in [0.2, 0.25) is 0 Å². The molecule has 1 fully saturated rings. The van der Waals surface area contributed by atoms with Crippen LogP contribution < -0.4 is 5.32 Å². The molecule has 1 aliphatic rings. The van der Waals surface area contributed by atoms with Crippen molar-refractivity contribution in [1.82, 2.24) is 10.2 Å². The smallest absolute Gasteiger partial charge is 0.102 e. The number of hydrogen-bond donors (Lipinski definition) is 1. The minimum Gasteiger partial charge on any atom is -0.314 e. The number of halogens is 1. The van der Waals surface area contributed by atoms with E-state index in [9.17, 15) is 4.39 Å². The number of likely N-dealkylation sites (tertiary alicyclic amines) is 1. The summed E-state index contributed by atoms with van der Waals surface area (Å²) in [7, 11) is 2.10. The monoisotopic (exact) mass is 146 g/mol. The lowest BCUT2D eigenvalue weighted by Crippen LogP contribution is -2.48. The summed E-state index contributed by atoms with van der Waals surface area (Å²) in [5, 5.41) is 3.06. The molecule has 0 radical (unpaired) electrons. The van der Waals surface area contributed by atoms with Crippen LogP contribution in [0.1, 0.15) is 0 Å². The van der Waals surface area contributed by atoms with Crippen molar-refractivity contribution < 1.29 is 4.39 Å². The van der Waals surface area contributed by atoms with Crippen molar-refractivity contribution in [3.8, 4) is 0 Å². The van der Waals surface area contributed by atoms with Gasteiger partial charge in [-0.15, -0.1) is 0 Å². The number of rotatable bonds is 4. The summed E-state index contributed by atoms with van der Waals surface area (Å²) in [5.74, 6) is 0.761. The van der Waals surface area contributed by atoms with E-state index in [1.807, 2.05) is 0 Å². The molecule has 0 aromatic carbocycles. The number of nitrogens with one attached hydrogen (secondary N) is 1. The molecule has 0 aromatic heterocycles. The summed E-state index contributed by atoms with van der Waals surface area (Å²) >= 11 is 0. The molecule has 3 heteroatoms. The predicted molar refractivity (Wildman–Crippen MR) is 39.8 cm³/mol. The minimum atomic E-state index is -0.247. The van der Waals surface area contributed by atoms with Crippen molar-refractivity contribution in [2.24, 2.45) is 5.92 Å². The summed E-state index contributed by atoms with van der Waals surface area (Å²) in [6, 6.07) is 0. The van der Waals surface area contributed by atoms with Crippen LogP contribution in [0, 0.1) is 5.92 Å². The first-order valence-corrected chi connectivity index (χ1v) is 3.78. The van der Waals surface area contributed by atoms with Crippen LogP contribution >= 0.6 is 0 Å². The third kappa shape index (κ3) is 2.23. The molecule has 1 rings (SSSR count). The Morgan fingerprint density at radius 1 is 1.60 bits per heavy atom. The van der Waals surface area contributed by atoms with Gasteiger partial charge in [0.05, 0.1) is 0 Å². The first kappa shape index (κ1) is 7.95. The Hall–Kier alpha value is -0.150. The first-order chi connectivity index (χ1) is 4.83. The van der Waals surface area contributed by atoms with Crippen molar-refractivity contribution in [2.75, 3.05) is 39.9 Å². The van der Waals surface area contributed by atoms with E-state index in [0.717, 1.165) is 12.5 Å². The average Bonchev–Trinajstić information content (AvgIpc) is 1.85. The number of nitrogens with zero attached hydrogens (tertiary/aromatic N) is 1. The van der Waals surface area contributed by atoms with Gasteiger partial charge in [-0.1, -0.05) is 0 Å². The van der Waals surface area contributed by atoms with Crippen LogP contribution in [-0.2, 0) is 0 Å². The minimum absolute atomic E-state index is 0.247. The zero-order valence-electron chi connectivity index (χ0n) is 6.44. The van der Waals surface area contributed by atoms with E-state index in [0.29, 0.717) is 6.54 Å². The van der Waals surface area contributed by atoms with Crippen LogP contribution in [0.15, 0.2) is 0 Å². The molecule has 1 N–H and O–H groups in total. The van der Waals surface area contributed by atoms with Gasteiger partial charge < -0.3 is 10.2 Å². The summed E-state index contributed by atoms with van der Waals surface area (Å²) in [4.78, 5) is 2.27. The first-order valence-electron chi connectivity index (χ1n) is 3.78. The van der Waals surface area contributed by atoms with Gasteiger partial charge in [-0.05, 0) is 13.0 Å². The SMILES string of the molecule is CN1CC(CNCCF)C1. The Bertz CT molecular complexity index is 91.6. The number of alkyl halides is 1. The molecule has 0 aliphatic carbocycles. The van der Waals surface area contributed by atoms with E-state index in [2.05, 4.69) is 17.3 Å². The lowest BCUT2D eigenvalue weighted by molar-refractivity contribution is 0.132. The molecule has 0 amide bonds. The highest BCUT2D eigenvalue weighted by Gasteiger charge is 2.21. The highest BCUT2D eigenvalue weighted by molar-refractivity contribution is 4.78. The van der Waals surface area contributed by atoms with Crippen molar-refractivity contribution in [2.45, 2.75) is 0 Å². The molecule has 0 bridgehead atoms. The molecule has 0 spiro atoms. The molecule has 0 aromatic rings. The molecular formula is C7H15FN2. The van der Waals surface area contributed by atoms with Gasteiger partial charge in [0, 0.05) is 26.2 Å². The quantitative estimate of drug-likeness (QED) is 0.566. The molecule has 1 aliphatic heterocycles. The van der Waals surface area contributed by atoms with Crippen molar-refractivity contribution in [3.63, 3.8) is 0 Å². The maximum Gasteiger partial charge on any atom is 0.102 e. The van der Waals surface area contributed by atoms with Gasteiger partial charge in [0.15, 0.2) is 0 Å². The van der Waals surface area contributed by atoms with Gasteiger partial charge in [-0.3, -0.25) is 0 Å². The fourth-order valence-corrected chi connectivity index (χ4v) is 1.33. The largest absolute Gasteiger partial charge is 0.314 e. The second-order valence-electron chi connectivity index (χ2n) is 2.98. The van der Waals surface area contributed by atoms with E-state index in [4.69, 9.17) is 0 Å². The lowest BCUT2D eigenvalue weighted by Gasteiger charge is -2.36. The topological polar surface area (TPSA) is 15.3 Å². The summed E-state index contributed by atoms with van der Waals surface area (Å²) in [5.41, 5.74) is 0. The molecule has 60 valence electrons. The van der Waals surface area contributed by atoms with Crippen molar-refractivity contribution in [1.29, 1.82) is 0 Å². The molecule has 0 saturated carbocycles.